The summed E-state index contributed by atoms with van der Waals surface area (Å²) >= 11 is 1.51. The number of aromatic nitrogens is 3. The van der Waals surface area contributed by atoms with Crippen molar-refractivity contribution < 1.29 is 4.79 Å². The van der Waals surface area contributed by atoms with Gasteiger partial charge >= 0.3 is 0 Å². The third kappa shape index (κ3) is 4.81. The largest absolute Gasteiger partial charge is 0.326 e. The molecule has 164 valence electrons. The predicted molar refractivity (Wildman–Crippen MR) is 131 cm³/mol. The highest BCUT2D eigenvalue weighted by atomic mass is 32.1. The summed E-state index contributed by atoms with van der Waals surface area (Å²) in [5.74, 6) is -0.0708. The molecule has 0 saturated heterocycles. The van der Waals surface area contributed by atoms with Crippen molar-refractivity contribution >= 4 is 22.9 Å². The SMILES string of the molecule is Cc1ccc(Cc2c(C)nn(-c3nc(CC(=O)Nc4ccc(C)c(C)c4)cs3)c2C)cc1. The fourth-order valence-corrected chi connectivity index (χ4v) is 4.52. The molecule has 0 unspecified atom stereocenters. The number of rotatable bonds is 6. The van der Waals surface area contributed by atoms with Gasteiger partial charge in [-0.2, -0.15) is 5.10 Å². The van der Waals surface area contributed by atoms with Gasteiger partial charge in [0.15, 0.2) is 0 Å². The number of nitrogens with one attached hydrogen (secondary N) is 1. The van der Waals surface area contributed by atoms with Crippen molar-refractivity contribution in [3.05, 3.63) is 92.7 Å². The van der Waals surface area contributed by atoms with E-state index in [1.807, 2.05) is 42.1 Å². The minimum Gasteiger partial charge on any atom is -0.326 e. The topological polar surface area (TPSA) is 59.8 Å². The average molecular weight is 445 g/mol. The van der Waals surface area contributed by atoms with Gasteiger partial charge in [0.05, 0.1) is 17.8 Å². The van der Waals surface area contributed by atoms with Gasteiger partial charge in [-0.25, -0.2) is 9.67 Å². The van der Waals surface area contributed by atoms with Crippen molar-refractivity contribution in [2.24, 2.45) is 0 Å². The number of thiazole rings is 1. The first kappa shape index (κ1) is 22.0. The summed E-state index contributed by atoms with van der Waals surface area (Å²) in [7, 11) is 0. The first-order valence-corrected chi connectivity index (χ1v) is 11.6. The number of nitrogens with zero attached hydrogens (tertiary/aromatic N) is 3. The van der Waals surface area contributed by atoms with Gasteiger partial charge < -0.3 is 5.32 Å². The summed E-state index contributed by atoms with van der Waals surface area (Å²) in [5, 5.41) is 10.4. The minimum atomic E-state index is -0.0708. The van der Waals surface area contributed by atoms with E-state index in [0.717, 1.165) is 39.9 Å². The van der Waals surface area contributed by atoms with Crippen molar-refractivity contribution in [3.63, 3.8) is 0 Å². The molecule has 1 N–H and O–H groups in total. The Morgan fingerprint density at radius 2 is 1.75 bits per heavy atom. The van der Waals surface area contributed by atoms with Gasteiger partial charge in [-0.05, 0) is 63.4 Å². The molecule has 4 rings (SSSR count). The van der Waals surface area contributed by atoms with E-state index < -0.39 is 0 Å². The van der Waals surface area contributed by atoms with Gasteiger partial charge in [-0.3, -0.25) is 4.79 Å². The van der Waals surface area contributed by atoms with Crippen molar-refractivity contribution in [1.82, 2.24) is 14.8 Å². The molecule has 0 aliphatic carbocycles. The maximum absolute atomic E-state index is 12.5. The van der Waals surface area contributed by atoms with Gasteiger partial charge in [-0.15, -0.1) is 11.3 Å². The molecule has 32 heavy (non-hydrogen) atoms. The smallest absolute Gasteiger partial charge is 0.230 e. The van der Waals surface area contributed by atoms with Crippen LogP contribution in [0.4, 0.5) is 5.69 Å². The Labute approximate surface area is 193 Å². The standard InChI is InChI=1S/C26H28N4OS/c1-16-6-9-21(10-7-16)13-24-19(4)29-30(20(24)5)26-28-23(15-32-26)14-25(31)27-22-11-8-17(2)18(3)12-22/h6-12,15H,13-14H2,1-5H3,(H,27,31). The van der Waals surface area contributed by atoms with E-state index in [2.05, 4.69) is 55.3 Å². The van der Waals surface area contributed by atoms with Crippen LogP contribution < -0.4 is 5.32 Å². The monoisotopic (exact) mass is 444 g/mol. The molecule has 2 aromatic carbocycles. The number of hydrogen-bond acceptors (Lipinski definition) is 4. The highest BCUT2D eigenvalue weighted by Gasteiger charge is 2.16. The number of anilines is 1. The Bertz CT molecular complexity index is 1270. The van der Waals surface area contributed by atoms with Gasteiger partial charge in [0.25, 0.3) is 0 Å². The summed E-state index contributed by atoms with van der Waals surface area (Å²) in [6, 6.07) is 14.6. The van der Waals surface area contributed by atoms with Crippen LogP contribution in [0.5, 0.6) is 0 Å². The quantitative estimate of drug-likeness (QED) is 0.418. The van der Waals surface area contributed by atoms with Gasteiger partial charge in [0, 0.05) is 28.7 Å². The first-order chi connectivity index (χ1) is 15.3. The van der Waals surface area contributed by atoms with E-state index in [1.165, 1.54) is 33.6 Å². The maximum Gasteiger partial charge on any atom is 0.230 e. The molecule has 0 bridgehead atoms. The lowest BCUT2D eigenvalue weighted by Crippen LogP contribution is -2.15. The second kappa shape index (κ2) is 9.09. The lowest BCUT2D eigenvalue weighted by Gasteiger charge is -2.07. The van der Waals surface area contributed by atoms with E-state index in [4.69, 9.17) is 5.10 Å². The van der Waals surface area contributed by atoms with Crippen LogP contribution in [0.25, 0.3) is 5.13 Å². The van der Waals surface area contributed by atoms with Crippen LogP contribution in [0.15, 0.2) is 47.8 Å². The van der Waals surface area contributed by atoms with E-state index >= 15 is 0 Å². The molecule has 5 nitrogen and oxygen atoms in total. The highest BCUT2D eigenvalue weighted by Crippen LogP contribution is 2.24. The predicted octanol–water partition coefficient (Wildman–Crippen LogP) is 5.64. The Kier molecular flexibility index (Phi) is 6.24. The maximum atomic E-state index is 12.5. The number of hydrogen-bond donors (Lipinski definition) is 1. The van der Waals surface area contributed by atoms with Crippen LogP contribution in [0.3, 0.4) is 0 Å². The van der Waals surface area contributed by atoms with Crippen LogP contribution in [0.1, 0.15) is 44.9 Å². The van der Waals surface area contributed by atoms with E-state index in [-0.39, 0.29) is 12.3 Å². The number of amides is 1. The van der Waals surface area contributed by atoms with Crippen molar-refractivity contribution in [2.75, 3.05) is 5.32 Å². The Morgan fingerprint density at radius 1 is 1.00 bits per heavy atom. The molecule has 0 spiro atoms. The molecule has 6 heteroatoms. The normalized spacial score (nSPS) is 11.0. The molecule has 4 aromatic rings. The van der Waals surface area contributed by atoms with Crippen molar-refractivity contribution in [3.8, 4) is 5.13 Å². The zero-order chi connectivity index (χ0) is 22.8. The fraction of sp³-hybridized carbons (Fsp3) is 0.269. The zero-order valence-corrected chi connectivity index (χ0v) is 20.0. The number of aryl methyl sites for hydroxylation is 4. The van der Waals surface area contributed by atoms with E-state index in [1.54, 1.807) is 0 Å². The van der Waals surface area contributed by atoms with Gasteiger partial charge in [-0.1, -0.05) is 35.9 Å². The first-order valence-electron chi connectivity index (χ1n) is 10.7. The number of carbonyl (C=O) groups excluding carboxylic acids is 1. The van der Waals surface area contributed by atoms with Crippen LogP contribution >= 0.6 is 11.3 Å². The summed E-state index contributed by atoms with van der Waals surface area (Å²) < 4.78 is 1.90. The number of benzene rings is 2. The third-order valence-electron chi connectivity index (χ3n) is 5.80. The lowest BCUT2D eigenvalue weighted by molar-refractivity contribution is -0.115. The van der Waals surface area contributed by atoms with Crippen LogP contribution in [-0.2, 0) is 17.6 Å². The average Bonchev–Trinajstić information content (AvgIpc) is 3.31. The van der Waals surface area contributed by atoms with Gasteiger partial charge in [0.1, 0.15) is 0 Å². The van der Waals surface area contributed by atoms with E-state index in [0.29, 0.717) is 0 Å². The minimum absolute atomic E-state index is 0.0708. The van der Waals surface area contributed by atoms with Crippen molar-refractivity contribution in [2.45, 2.75) is 47.5 Å². The molecule has 2 heterocycles. The van der Waals surface area contributed by atoms with Crippen LogP contribution in [0.2, 0.25) is 0 Å². The summed E-state index contributed by atoms with van der Waals surface area (Å²) in [6.45, 7) is 10.3. The molecule has 0 fully saturated rings. The molecule has 0 aliphatic rings. The number of carbonyl (C=O) groups is 1. The fourth-order valence-electron chi connectivity index (χ4n) is 3.69. The Balaban J connectivity index is 1.47. The molecule has 2 aromatic heterocycles. The third-order valence-corrected chi connectivity index (χ3v) is 6.66. The van der Waals surface area contributed by atoms with Gasteiger partial charge in [0.2, 0.25) is 11.0 Å². The second-order valence-corrected chi connectivity index (χ2v) is 9.21. The molecule has 0 radical (unpaired) electrons. The summed E-state index contributed by atoms with van der Waals surface area (Å²) in [6.07, 6.45) is 1.08. The zero-order valence-electron chi connectivity index (χ0n) is 19.2. The van der Waals surface area contributed by atoms with Crippen LogP contribution in [0, 0.1) is 34.6 Å². The summed E-state index contributed by atoms with van der Waals surface area (Å²) in [4.78, 5) is 17.2. The molecule has 0 atom stereocenters. The van der Waals surface area contributed by atoms with Crippen LogP contribution in [-0.4, -0.2) is 20.7 Å². The summed E-state index contributed by atoms with van der Waals surface area (Å²) in [5.41, 5.74) is 9.77. The Morgan fingerprint density at radius 3 is 2.47 bits per heavy atom. The Hall–Kier alpha value is -3.25. The molecule has 1 amide bonds. The molecular weight excluding hydrogens is 416 g/mol. The van der Waals surface area contributed by atoms with Crippen molar-refractivity contribution in [1.29, 1.82) is 0 Å². The second-order valence-electron chi connectivity index (χ2n) is 8.37. The van der Waals surface area contributed by atoms with E-state index in [9.17, 15) is 4.79 Å². The highest BCUT2D eigenvalue weighted by molar-refractivity contribution is 7.12. The molecular formula is C26H28N4OS. The molecule has 0 aliphatic heterocycles. The lowest BCUT2D eigenvalue weighted by atomic mass is 10.0. The molecule has 0 saturated carbocycles.